The zero-order valence-electron chi connectivity index (χ0n) is 9.55. The fourth-order valence-electron chi connectivity index (χ4n) is 1.46. The predicted octanol–water partition coefficient (Wildman–Crippen LogP) is 3.38. The smallest absolute Gasteiger partial charge is 0.175 e. The highest BCUT2D eigenvalue weighted by molar-refractivity contribution is 9.10. The van der Waals surface area contributed by atoms with E-state index in [-0.39, 0.29) is 5.84 Å². The molecule has 0 bridgehead atoms. The topological polar surface area (TPSA) is 80.7 Å². The highest BCUT2D eigenvalue weighted by Crippen LogP contribution is 2.30. The van der Waals surface area contributed by atoms with E-state index in [0.717, 1.165) is 4.47 Å². The lowest BCUT2D eigenvalue weighted by Gasteiger charge is -2.11. The number of ether oxygens (including phenoxy) is 1. The largest absolute Gasteiger partial charge is 0.455 e. The Labute approximate surface area is 122 Å². The van der Waals surface area contributed by atoms with Crippen molar-refractivity contribution >= 4 is 33.4 Å². The first kappa shape index (κ1) is 13.6. The van der Waals surface area contributed by atoms with Gasteiger partial charge >= 0.3 is 0 Å². The highest BCUT2D eigenvalue weighted by Gasteiger charge is 2.13. The van der Waals surface area contributed by atoms with Crippen LogP contribution in [-0.4, -0.2) is 16.0 Å². The number of hydrogen-bond acceptors (Lipinski definition) is 4. The van der Waals surface area contributed by atoms with Crippen molar-refractivity contribution < 1.29 is 9.94 Å². The lowest BCUT2D eigenvalue weighted by Crippen LogP contribution is -2.14. The second-order valence-corrected chi connectivity index (χ2v) is 4.86. The van der Waals surface area contributed by atoms with Gasteiger partial charge in [0.25, 0.3) is 0 Å². The quantitative estimate of drug-likeness (QED) is 0.388. The molecule has 0 aliphatic heterocycles. The van der Waals surface area contributed by atoms with Crippen LogP contribution < -0.4 is 10.5 Å². The standard InChI is InChI=1S/C12H9BrClN3O2/c13-7-4-8(6-16-5-7)19-10-3-1-2-9(14)11(10)12(15)17-18/h1-6,18H,(H2,15,17). The molecule has 0 aliphatic carbocycles. The number of amidine groups is 1. The van der Waals surface area contributed by atoms with E-state index in [1.165, 1.54) is 0 Å². The van der Waals surface area contributed by atoms with E-state index in [9.17, 15) is 0 Å². The first-order valence-electron chi connectivity index (χ1n) is 5.16. The normalized spacial score (nSPS) is 11.4. The summed E-state index contributed by atoms with van der Waals surface area (Å²) in [5.41, 5.74) is 5.92. The van der Waals surface area contributed by atoms with Gasteiger partial charge in [-0.05, 0) is 34.1 Å². The van der Waals surface area contributed by atoms with Gasteiger partial charge < -0.3 is 15.7 Å². The van der Waals surface area contributed by atoms with E-state index >= 15 is 0 Å². The molecule has 0 atom stereocenters. The minimum absolute atomic E-state index is 0.122. The summed E-state index contributed by atoms with van der Waals surface area (Å²) >= 11 is 9.32. The second kappa shape index (κ2) is 5.90. The Bertz CT molecular complexity index is 634. The highest BCUT2D eigenvalue weighted by atomic mass is 79.9. The van der Waals surface area contributed by atoms with Crippen LogP contribution in [0, 0.1) is 0 Å². The molecule has 1 aromatic heterocycles. The molecular weight excluding hydrogens is 334 g/mol. The molecule has 0 saturated carbocycles. The molecule has 1 aromatic carbocycles. The molecule has 0 aliphatic rings. The lowest BCUT2D eigenvalue weighted by molar-refractivity contribution is 0.318. The molecule has 0 radical (unpaired) electrons. The summed E-state index contributed by atoms with van der Waals surface area (Å²) in [7, 11) is 0. The first-order valence-corrected chi connectivity index (χ1v) is 6.33. The van der Waals surface area contributed by atoms with Crippen LogP contribution in [-0.2, 0) is 0 Å². The van der Waals surface area contributed by atoms with Gasteiger partial charge in [0, 0.05) is 10.7 Å². The fourth-order valence-corrected chi connectivity index (χ4v) is 2.07. The summed E-state index contributed by atoms with van der Waals surface area (Å²) in [6, 6.07) is 6.74. The van der Waals surface area contributed by atoms with Crippen molar-refractivity contribution in [3.05, 3.63) is 51.7 Å². The molecule has 0 fully saturated rings. The molecule has 2 aromatic rings. The van der Waals surface area contributed by atoms with Crippen LogP contribution in [0.4, 0.5) is 0 Å². The number of nitrogens with two attached hydrogens (primary N) is 1. The van der Waals surface area contributed by atoms with Crippen LogP contribution in [0.1, 0.15) is 5.56 Å². The summed E-state index contributed by atoms with van der Waals surface area (Å²) < 4.78 is 6.42. The molecule has 0 spiro atoms. The van der Waals surface area contributed by atoms with E-state index in [0.29, 0.717) is 22.1 Å². The maximum atomic E-state index is 8.78. The van der Waals surface area contributed by atoms with Crippen LogP contribution in [0.15, 0.2) is 46.3 Å². The molecule has 2 rings (SSSR count). The van der Waals surface area contributed by atoms with Crippen LogP contribution >= 0.6 is 27.5 Å². The third kappa shape index (κ3) is 3.15. The Hall–Kier alpha value is -1.79. The summed E-state index contributed by atoms with van der Waals surface area (Å²) in [4.78, 5) is 3.98. The van der Waals surface area contributed by atoms with Crippen molar-refractivity contribution in [2.45, 2.75) is 0 Å². The van der Waals surface area contributed by atoms with Crippen molar-refractivity contribution in [1.82, 2.24) is 4.98 Å². The molecule has 19 heavy (non-hydrogen) atoms. The molecule has 7 heteroatoms. The fraction of sp³-hybridized carbons (Fsp3) is 0. The number of rotatable bonds is 3. The van der Waals surface area contributed by atoms with Crippen LogP contribution in [0.2, 0.25) is 5.02 Å². The Morgan fingerprint density at radius 1 is 1.42 bits per heavy atom. The van der Waals surface area contributed by atoms with Gasteiger partial charge in [-0.1, -0.05) is 22.8 Å². The van der Waals surface area contributed by atoms with Gasteiger partial charge in [0.2, 0.25) is 0 Å². The molecule has 1 heterocycles. The van der Waals surface area contributed by atoms with Crippen LogP contribution in [0.5, 0.6) is 11.5 Å². The summed E-state index contributed by atoms with van der Waals surface area (Å²) in [5.74, 6) is 0.759. The van der Waals surface area contributed by atoms with Crippen molar-refractivity contribution in [3.8, 4) is 11.5 Å². The average Bonchev–Trinajstić information content (AvgIpc) is 2.38. The number of benzene rings is 1. The van der Waals surface area contributed by atoms with E-state index < -0.39 is 0 Å². The van der Waals surface area contributed by atoms with E-state index in [4.69, 9.17) is 27.3 Å². The summed E-state index contributed by atoms with van der Waals surface area (Å²) in [6.07, 6.45) is 3.18. The number of aromatic nitrogens is 1. The zero-order chi connectivity index (χ0) is 13.8. The molecule has 0 amide bonds. The lowest BCUT2D eigenvalue weighted by atomic mass is 10.2. The number of halogens is 2. The number of nitrogens with zero attached hydrogens (tertiary/aromatic N) is 2. The van der Waals surface area contributed by atoms with Gasteiger partial charge in [-0.3, -0.25) is 4.98 Å². The van der Waals surface area contributed by atoms with E-state index in [1.54, 1.807) is 36.7 Å². The van der Waals surface area contributed by atoms with Crippen molar-refractivity contribution in [2.24, 2.45) is 10.9 Å². The monoisotopic (exact) mass is 341 g/mol. The minimum atomic E-state index is -0.122. The first-order chi connectivity index (χ1) is 9.11. The van der Waals surface area contributed by atoms with Gasteiger partial charge in [-0.2, -0.15) is 0 Å². The number of pyridine rings is 1. The summed E-state index contributed by atoms with van der Waals surface area (Å²) in [6.45, 7) is 0. The van der Waals surface area contributed by atoms with Crippen molar-refractivity contribution in [3.63, 3.8) is 0 Å². The van der Waals surface area contributed by atoms with Crippen LogP contribution in [0.25, 0.3) is 0 Å². The average molecular weight is 343 g/mol. The zero-order valence-corrected chi connectivity index (χ0v) is 11.9. The van der Waals surface area contributed by atoms with Gasteiger partial charge in [0.1, 0.15) is 11.5 Å². The third-order valence-corrected chi connectivity index (χ3v) is 3.00. The van der Waals surface area contributed by atoms with Gasteiger partial charge in [0.05, 0.1) is 16.8 Å². The van der Waals surface area contributed by atoms with E-state index in [2.05, 4.69) is 26.1 Å². The Morgan fingerprint density at radius 3 is 2.89 bits per heavy atom. The Balaban J connectivity index is 2.43. The number of hydrogen-bond donors (Lipinski definition) is 2. The van der Waals surface area contributed by atoms with Crippen LogP contribution in [0.3, 0.4) is 0 Å². The molecule has 3 N–H and O–H groups in total. The minimum Gasteiger partial charge on any atom is -0.455 e. The molecule has 0 saturated heterocycles. The Morgan fingerprint density at radius 2 is 2.21 bits per heavy atom. The van der Waals surface area contributed by atoms with Gasteiger partial charge in [-0.25, -0.2) is 0 Å². The molecule has 98 valence electrons. The predicted molar refractivity (Wildman–Crippen MR) is 76.0 cm³/mol. The SMILES string of the molecule is NC(=NO)c1c(Cl)cccc1Oc1cncc(Br)c1. The Kier molecular flexibility index (Phi) is 4.24. The second-order valence-electron chi connectivity index (χ2n) is 3.54. The van der Waals surface area contributed by atoms with E-state index in [1.807, 2.05) is 0 Å². The van der Waals surface area contributed by atoms with Gasteiger partial charge in [0.15, 0.2) is 5.84 Å². The van der Waals surface area contributed by atoms with Gasteiger partial charge in [-0.15, -0.1) is 0 Å². The maximum Gasteiger partial charge on any atom is 0.175 e. The maximum absolute atomic E-state index is 8.78. The molecule has 5 nitrogen and oxygen atoms in total. The van der Waals surface area contributed by atoms with Crippen molar-refractivity contribution in [2.75, 3.05) is 0 Å². The third-order valence-electron chi connectivity index (χ3n) is 2.25. The number of oxime groups is 1. The molecule has 0 unspecified atom stereocenters. The summed E-state index contributed by atoms with van der Waals surface area (Å²) in [5, 5.41) is 12.1. The molecular formula is C12H9BrClN3O2. The van der Waals surface area contributed by atoms with Crippen molar-refractivity contribution in [1.29, 1.82) is 0 Å².